The molecule has 0 saturated heterocycles. The molecule has 6 nitrogen and oxygen atoms in total. The monoisotopic (exact) mass is 397 g/mol. The zero-order valence-corrected chi connectivity index (χ0v) is 16.9. The van der Waals surface area contributed by atoms with Crippen molar-refractivity contribution in [3.05, 3.63) is 46.2 Å². The van der Waals surface area contributed by atoms with E-state index in [0.717, 1.165) is 11.8 Å². The third-order valence-electron chi connectivity index (χ3n) is 3.45. The topological polar surface area (TPSA) is 72.9 Å². The number of ether oxygens (including phenoxy) is 1. The Morgan fingerprint density at radius 3 is 2.50 bits per heavy atom. The minimum absolute atomic E-state index is 0.0462. The van der Waals surface area contributed by atoms with Crippen LogP contribution in [0.15, 0.2) is 35.7 Å². The summed E-state index contributed by atoms with van der Waals surface area (Å²) in [4.78, 5) is 15.2. The Kier molecular flexibility index (Phi) is 6.66. The van der Waals surface area contributed by atoms with Gasteiger partial charge in [-0.3, -0.25) is 4.79 Å². The van der Waals surface area contributed by atoms with Crippen LogP contribution in [0.5, 0.6) is 11.5 Å². The molecule has 1 amide bonds. The van der Waals surface area contributed by atoms with Crippen molar-refractivity contribution >= 4 is 27.4 Å². The van der Waals surface area contributed by atoms with Crippen LogP contribution in [0.4, 0.5) is 0 Å². The van der Waals surface area contributed by atoms with Gasteiger partial charge in [0.05, 0.1) is 18.2 Å². The molecule has 1 aromatic heterocycles. The van der Waals surface area contributed by atoms with Crippen molar-refractivity contribution in [1.82, 2.24) is 4.90 Å². The molecule has 0 atom stereocenters. The maximum atomic E-state index is 12.8. The van der Waals surface area contributed by atoms with Crippen LogP contribution in [0, 0.1) is 5.92 Å². The van der Waals surface area contributed by atoms with Gasteiger partial charge in [-0.05, 0) is 35.1 Å². The minimum atomic E-state index is -3.68. The van der Waals surface area contributed by atoms with Crippen LogP contribution in [-0.2, 0) is 16.7 Å². The molecule has 26 heavy (non-hydrogen) atoms. The maximum Gasteiger partial charge on any atom is 0.306 e. The van der Waals surface area contributed by atoms with Gasteiger partial charge in [-0.15, -0.1) is 11.3 Å². The average molecular weight is 398 g/mol. The number of hydrogen-bond acceptors (Lipinski definition) is 6. The molecule has 2 aromatic rings. The van der Waals surface area contributed by atoms with Gasteiger partial charge >= 0.3 is 10.1 Å². The first-order valence-electron chi connectivity index (χ1n) is 8.08. The van der Waals surface area contributed by atoms with Crippen molar-refractivity contribution in [3.8, 4) is 11.5 Å². The van der Waals surface area contributed by atoms with Crippen LogP contribution in [0.1, 0.15) is 29.1 Å². The maximum absolute atomic E-state index is 12.8. The Labute approximate surface area is 158 Å². The van der Waals surface area contributed by atoms with E-state index in [0.29, 0.717) is 29.6 Å². The second-order valence-corrected chi connectivity index (χ2v) is 8.85. The Hall–Kier alpha value is -2.06. The Bertz CT molecular complexity index is 844. The molecule has 0 aliphatic heterocycles. The van der Waals surface area contributed by atoms with Gasteiger partial charge in [0.2, 0.25) is 0 Å². The first-order chi connectivity index (χ1) is 12.2. The number of rotatable bonds is 8. The Balaban J connectivity index is 2.29. The third kappa shape index (κ3) is 5.74. The van der Waals surface area contributed by atoms with Crippen LogP contribution in [0.3, 0.4) is 0 Å². The molecule has 0 N–H and O–H groups in total. The molecule has 0 bridgehead atoms. The highest BCUT2D eigenvalue weighted by Crippen LogP contribution is 2.30. The predicted molar refractivity (Wildman–Crippen MR) is 102 cm³/mol. The van der Waals surface area contributed by atoms with Crippen molar-refractivity contribution in [2.45, 2.75) is 20.4 Å². The first kappa shape index (κ1) is 20.3. The lowest BCUT2D eigenvalue weighted by Gasteiger charge is -2.24. The van der Waals surface area contributed by atoms with Gasteiger partial charge in [0.15, 0.2) is 11.5 Å². The number of nitrogens with zero attached hydrogens (tertiary/aromatic N) is 1. The SMILES string of the molecule is COc1ccc(CN(CC(C)C)C(=O)c2cccs2)cc1OS(C)(=O)=O. The summed E-state index contributed by atoms with van der Waals surface area (Å²) in [7, 11) is -2.24. The fourth-order valence-corrected chi connectivity index (χ4v) is 3.63. The molecule has 1 heterocycles. The molecule has 8 heteroatoms. The van der Waals surface area contributed by atoms with Crippen molar-refractivity contribution in [3.63, 3.8) is 0 Å². The minimum Gasteiger partial charge on any atom is -0.493 e. The molecule has 142 valence electrons. The number of hydrogen-bond donors (Lipinski definition) is 0. The molecular weight excluding hydrogens is 374 g/mol. The van der Waals surface area contributed by atoms with Gasteiger partial charge in [-0.1, -0.05) is 26.0 Å². The summed E-state index contributed by atoms with van der Waals surface area (Å²) < 4.78 is 33.1. The Morgan fingerprint density at radius 2 is 1.96 bits per heavy atom. The van der Waals surface area contributed by atoms with E-state index in [-0.39, 0.29) is 11.7 Å². The van der Waals surface area contributed by atoms with Crippen molar-refractivity contribution in [2.75, 3.05) is 19.9 Å². The van der Waals surface area contributed by atoms with Crippen LogP contribution >= 0.6 is 11.3 Å². The number of thiophene rings is 1. The van der Waals surface area contributed by atoms with Gasteiger partial charge in [-0.25, -0.2) is 0 Å². The molecule has 0 unspecified atom stereocenters. The Morgan fingerprint density at radius 1 is 1.23 bits per heavy atom. The highest BCUT2D eigenvalue weighted by atomic mass is 32.2. The molecule has 2 rings (SSSR count). The van der Waals surface area contributed by atoms with Gasteiger partial charge < -0.3 is 13.8 Å². The zero-order chi connectivity index (χ0) is 19.3. The smallest absolute Gasteiger partial charge is 0.306 e. The molecule has 0 fully saturated rings. The van der Waals surface area contributed by atoms with Crippen LogP contribution < -0.4 is 8.92 Å². The number of carbonyl (C=O) groups excluding carboxylic acids is 1. The van der Waals surface area contributed by atoms with E-state index in [1.807, 2.05) is 25.3 Å². The van der Waals surface area contributed by atoms with E-state index in [2.05, 4.69) is 0 Å². The molecular formula is C18H23NO5S2. The zero-order valence-electron chi connectivity index (χ0n) is 15.3. The lowest BCUT2D eigenvalue weighted by molar-refractivity contribution is 0.0727. The molecule has 0 radical (unpaired) electrons. The van der Waals surface area contributed by atoms with Crippen molar-refractivity contribution in [1.29, 1.82) is 0 Å². The van der Waals surface area contributed by atoms with Crippen molar-refractivity contribution < 1.29 is 22.1 Å². The van der Waals surface area contributed by atoms with Gasteiger partial charge in [0, 0.05) is 13.1 Å². The number of amides is 1. The molecule has 0 spiro atoms. The highest BCUT2D eigenvalue weighted by molar-refractivity contribution is 7.86. The van der Waals surface area contributed by atoms with Gasteiger partial charge in [0.1, 0.15) is 0 Å². The quantitative estimate of drug-likeness (QED) is 0.639. The number of methoxy groups -OCH3 is 1. The van der Waals surface area contributed by atoms with Gasteiger partial charge in [-0.2, -0.15) is 8.42 Å². The fraction of sp³-hybridized carbons (Fsp3) is 0.389. The lowest BCUT2D eigenvalue weighted by Crippen LogP contribution is -2.33. The number of benzene rings is 1. The second-order valence-electron chi connectivity index (χ2n) is 6.33. The average Bonchev–Trinajstić information content (AvgIpc) is 3.06. The van der Waals surface area contributed by atoms with Crippen LogP contribution in [-0.4, -0.2) is 39.1 Å². The predicted octanol–water partition coefficient (Wildman–Crippen LogP) is 3.39. The van der Waals surface area contributed by atoms with E-state index in [1.165, 1.54) is 18.4 Å². The lowest BCUT2D eigenvalue weighted by atomic mass is 10.1. The molecule has 1 aromatic carbocycles. The van der Waals surface area contributed by atoms with E-state index in [9.17, 15) is 13.2 Å². The first-order valence-corrected chi connectivity index (χ1v) is 10.8. The largest absolute Gasteiger partial charge is 0.493 e. The van der Waals surface area contributed by atoms with E-state index < -0.39 is 10.1 Å². The van der Waals surface area contributed by atoms with Crippen LogP contribution in [0.2, 0.25) is 0 Å². The highest BCUT2D eigenvalue weighted by Gasteiger charge is 2.19. The third-order valence-corrected chi connectivity index (χ3v) is 4.79. The fourth-order valence-electron chi connectivity index (χ4n) is 2.48. The summed E-state index contributed by atoms with van der Waals surface area (Å²) in [6.07, 6.45) is 0.977. The summed E-state index contributed by atoms with van der Waals surface area (Å²) >= 11 is 1.40. The second kappa shape index (κ2) is 8.55. The summed E-state index contributed by atoms with van der Waals surface area (Å²) in [6, 6.07) is 8.67. The van der Waals surface area contributed by atoms with E-state index >= 15 is 0 Å². The normalized spacial score (nSPS) is 11.4. The summed E-state index contributed by atoms with van der Waals surface area (Å²) in [6.45, 7) is 5.02. The summed E-state index contributed by atoms with van der Waals surface area (Å²) in [5.41, 5.74) is 0.759. The summed E-state index contributed by atoms with van der Waals surface area (Å²) in [5, 5.41) is 1.87. The summed E-state index contributed by atoms with van der Waals surface area (Å²) in [5.74, 6) is 0.679. The molecule has 0 aliphatic rings. The van der Waals surface area contributed by atoms with Gasteiger partial charge in [0.25, 0.3) is 5.91 Å². The van der Waals surface area contributed by atoms with Crippen LogP contribution in [0.25, 0.3) is 0 Å². The van der Waals surface area contributed by atoms with E-state index in [4.69, 9.17) is 8.92 Å². The number of carbonyl (C=O) groups is 1. The standard InChI is InChI=1S/C18H23NO5S2/c1-13(2)11-19(18(20)17-6-5-9-25-17)12-14-7-8-15(23-3)16(10-14)24-26(4,21)22/h5-10,13H,11-12H2,1-4H3. The molecule has 0 aliphatic carbocycles. The van der Waals surface area contributed by atoms with E-state index in [1.54, 1.807) is 29.2 Å². The molecule has 0 saturated carbocycles. The van der Waals surface area contributed by atoms with Crippen molar-refractivity contribution in [2.24, 2.45) is 5.92 Å².